The molecule has 0 unspecified atom stereocenters. The van der Waals surface area contributed by atoms with Crippen LogP contribution in [-0.2, 0) is 0 Å². The summed E-state index contributed by atoms with van der Waals surface area (Å²) in [7, 11) is 0. The summed E-state index contributed by atoms with van der Waals surface area (Å²) < 4.78 is 5.50. The molecule has 0 aliphatic rings. The van der Waals surface area contributed by atoms with Crippen LogP contribution in [0.2, 0.25) is 0 Å². The fourth-order valence-corrected chi connectivity index (χ4v) is 2.33. The van der Waals surface area contributed by atoms with Gasteiger partial charge in [0.15, 0.2) is 0 Å². The van der Waals surface area contributed by atoms with Crippen molar-refractivity contribution in [2.75, 3.05) is 6.61 Å². The maximum Gasteiger partial charge on any atom is 0.251 e. The molecule has 2 aromatic rings. The first-order chi connectivity index (χ1) is 10.5. The quantitative estimate of drug-likeness (QED) is 0.898. The maximum atomic E-state index is 12.4. The van der Waals surface area contributed by atoms with Gasteiger partial charge in [-0.2, -0.15) is 0 Å². The molecule has 0 aliphatic carbocycles. The number of carbonyl (C=O) groups is 1. The summed E-state index contributed by atoms with van der Waals surface area (Å²) >= 11 is 0. The topological polar surface area (TPSA) is 38.3 Å². The number of rotatable bonds is 5. The number of aryl methyl sites for hydroxylation is 2. The number of benzene rings is 2. The largest absolute Gasteiger partial charge is 0.494 e. The van der Waals surface area contributed by atoms with Gasteiger partial charge in [0.05, 0.1) is 12.6 Å². The highest BCUT2D eigenvalue weighted by atomic mass is 16.5. The highest BCUT2D eigenvalue weighted by Crippen LogP contribution is 2.20. The van der Waals surface area contributed by atoms with Gasteiger partial charge in [0.2, 0.25) is 0 Å². The third kappa shape index (κ3) is 3.88. The van der Waals surface area contributed by atoms with Gasteiger partial charge < -0.3 is 10.1 Å². The van der Waals surface area contributed by atoms with Gasteiger partial charge in [-0.15, -0.1) is 0 Å². The molecule has 2 aromatic carbocycles. The van der Waals surface area contributed by atoms with Gasteiger partial charge in [0.25, 0.3) is 5.91 Å². The Morgan fingerprint density at radius 2 is 1.82 bits per heavy atom. The molecule has 0 heterocycles. The molecule has 0 fully saturated rings. The highest BCUT2D eigenvalue weighted by Gasteiger charge is 2.12. The molecule has 1 atom stereocenters. The van der Waals surface area contributed by atoms with Gasteiger partial charge in [0.1, 0.15) is 5.75 Å². The van der Waals surface area contributed by atoms with Crippen molar-refractivity contribution in [1.82, 2.24) is 5.32 Å². The van der Waals surface area contributed by atoms with Crippen molar-refractivity contribution in [3.63, 3.8) is 0 Å². The third-order valence-electron chi connectivity index (χ3n) is 3.66. The SMILES string of the molecule is CCOc1ccc(C(=O)N[C@H](C)c2ccc(C)cc2)cc1C. The molecule has 0 aliphatic heterocycles. The van der Waals surface area contributed by atoms with Crippen LogP contribution in [0.1, 0.15) is 46.9 Å². The second-order valence-electron chi connectivity index (χ2n) is 5.52. The maximum absolute atomic E-state index is 12.4. The van der Waals surface area contributed by atoms with Crippen molar-refractivity contribution in [1.29, 1.82) is 0 Å². The molecule has 116 valence electrons. The predicted molar refractivity (Wildman–Crippen MR) is 89.4 cm³/mol. The van der Waals surface area contributed by atoms with Gasteiger partial charge in [-0.05, 0) is 57.0 Å². The lowest BCUT2D eigenvalue weighted by Crippen LogP contribution is -2.26. The normalized spacial score (nSPS) is 11.8. The second kappa shape index (κ2) is 7.12. The molecule has 3 heteroatoms. The minimum absolute atomic E-state index is 0.0278. The number of hydrogen-bond donors (Lipinski definition) is 1. The number of amides is 1. The molecule has 3 nitrogen and oxygen atoms in total. The highest BCUT2D eigenvalue weighted by molar-refractivity contribution is 5.94. The first-order valence-electron chi connectivity index (χ1n) is 7.62. The van der Waals surface area contributed by atoms with E-state index in [4.69, 9.17) is 4.74 Å². The average Bonchev–Trinajstić information content (AvgIpc) is 2.50. The smallest absolute Gasteiger partial charge is 0.251 e. The third-order valence-corrected chi connectivity index (χ3v) is 3.66. The van der Waals surface area contributed by atoms with Gasteiger partial charge in [-0.1, -0.05) is 29.8 Å². The number of hydrogen-bond acceptors (Lipinski definition) is 2. The first kappa shape index (κ1) is 16.1. The van der Waals surface area contributed by atoms with E-state index >= 15 is 0 Å². The molecule has 1 N–H and O–H groups in total. The van der Waals surface area contributed by atoms with Crippen LogP contribution in [0.4, 0.5) is 0 Å². The molecule has 0 bridgehead atoms. The van der Waals surface area contributed by atoms with Crippen LogP contribution in [0.25, 0.3) is 0 Å². The first-order valence-corrected chi connectivity index (χ1v) is 7.62. The Hall–Kier alpha value is -2.29. The zero-order valence-corrected chi connectivity index (χ0v) is 13.6. The standard InChI is InChI=1S/C19H23NO2/c1-5-22-18-11-10-17(12-14(18)3)19(21)20-15(4)16-8-6-13(2)7-9-16/h6-12,15H,5H2,1-4H3,(H,20,21)/t15-/m1/s1. The summed E-state index contributed by atoms with van der Waals surface area (Å²) in [6.45, 7) is 8.56. The molecule has 0 saturated carbocycles. The lowest BCUT2D eigenvalue weighted by molar-refractivity contribution is 0.0940. The van der Waals surface area contributed by atoms with E-state index < -0.39 is 0 Å². The van der Waals surface area contributed by atoms with Crippen LogP contribution in [-0.4, -0.2) is 12.5 Å². The monoisotopic (exact) mass is 297 g/mol. The molecule has 0 aromatic heterocycles. The Morgan fingerprint density at radius 3 is 2.41 bits per heavy atom. The Morgan fingerprint density at radius 1 is 1.14 bits per heavy atom. The molecular weight excluding hydrogens is 274 g/mol. The summed E-state index contributed by atoms with van der Waals surface area (Å²) in [5, 5.41) is 3.03. The number of nitrogens with one attached hydrogen (secondary N) is 1. The van der Waals surface area contributed by atoms with E-state index in [0.717, 1.165) is 16.9 Å². The number of carbonyl (C=O) groups excluding carboxylic acids is 1. The fraction of sp³-hybridized carbons (Fsp3) is 0.316. The predicted octanol–water partition coefficient (Wildman–Crippen LogP) is 4.19. The van der Waals surface area contributed by atoms with Crippen molar-refractivity contribution in [3.8, 4) is 5.75 Å². The van der Waals surface area contributed by atoms with Crippen LogP contribution < -0.4 is 10.1 Å². The Bertz CT molecular complexity index is 647. The van der Waals surface area contributed by atoms with Crippen LogP contribution in [0.15, 0.2) is 42.5 Å². The Balaban J connectivity index is 2.08. The van der Waals surface area contributed by atoms with Crippen molar-refractivity contribution in [3.05, 3.63) is 64.7 Å². The molecule has 1 amide bonds. The molecule has 22 heavy (non-hydrogen) atoms. The van der Waals surface area contributed by atoms with Crippen LogP contribution in [0.5, 0.6) is 5.75 Å². The summed E-state index contributed by atoms with van der Waals surface area (Å²) in [5.41, 5.74) is 3.93. The van der Waals surface area contributed by atoms with Crippen molar-refractivity contribution in [2.24, 2.45) is 0 Å². The van der Waals surface area contributed by atoms with Gasteiger partial charge in [0, 0.05) is 5.56 Å². The lowest BCUT2D eigenvalue weighted by Gasteiger charge is -2.15. The molecular formula is C19H23NO2. The van der Waals surface area contributed by atoms with E-state index in [0.29, 0.717) is 12.2 Å². The fourth-order valence-electron chi connectivity index (χ4n) is 2.33. The minimum atomic E-state index is -0.0702. The van der Waals surface area contributed by atoms with Gasteiger partial charge >= 0.3 is 0 Å². The van der Waals surface area contributed by atoms with E-state index in [1.807, 2.05) is 45.0 Å². The van der Waals surface area contributed by atoms with Gasteiger partial charge in [-0.25, -0.2) is 0 Å². The zero-order chi connectivity index (χ0) is 16.1. The summed E-state index contributed by atoms with van der Waals surface area (Å²) in [5.74, 6) is 0.754. The second-order valence-corrected chi connectivity index (χ2v) is 5.52. The summed E-state index contributed by atoms with van der Waals surface area (Å²) in [6, 6.07) is 13.7. The van der Waals surface area contributed by atoms with Crippen molar-refractivity contribution < 1.29 is 9.53 Å². The average molecular weight is 297 g/mol. The number of ether oxygens (including phenoxy) is 1. The van der Waals surface area contributed by atoms with E-state index in [9.17, 15) is 4.79 Å². The van der Waals surface area contributed by atoms with Crippen molar-refractivity contribution in [2.45, 2.75) is 33.7 Å². The summed E-state index contributed by atoms with van der Waals surface area (Å²) in [4.78, 5) is 12.4. The van der Waals surface area contributed by atoms with E-state index in [1.165, 1.54) is 5.56 Å². The molecule has 2 rings (SSSR count). The van der Waals surface area contributed by atoms with Crippen LogP contribution in [0, 0.1) is 13.8 Å². The summed E-state index contributed by atoms with van der Waals surface area (Å²) in [6.07, 6.45) is 0. The van der Waals surface area contributed by atoms with Gasteiger partial charge in [-0.3, -0.25) is 4.79 Å². The Labute approximate surface area is 132 Å². The Kier molecular flexibility index (Phi) is 5.21. The van der Waals surface area contributed by atoms with E-state index in [-0.39, 0.29) is 11.9 Å². The van der Waals surface area contributed by atoms with E-state index in [1.54, 1.807) is 6.07 Å². The van der Waals surface area contributed by atoms with Crippen LogP contribution >= 0.6 is 0 Å². The zero-order valence-electron chi connectivity index (χ0n) is 13.6. The molecule has 0 saturated heterocycles. The van der Waals surface area contributed by atoms with Crippen LogP contribution in [0.3, 0.4) is 0 Å². The lowest BCUT2D eigenvalue weighted by atomic mass is 10.1. The van der Waals surface area contributed by atoms with E-state index in [2.05, 4.69) is 24.4 Å². The minimum Gasteiger partial charge on any atom is -0.494 e. The molecule has 0 radical (unpaired) electrons. The molecule has 0 spiro atoms. The van der Waals surface area contributed by atoms with Crippen molar-refractivity contribution >= 4 is 5.91 Å².